The fraction of sp³-hybridized carbons (Fsp3) is 0.263. The van der Waals surface area contributed by atoms with Crippen LogP contribution in [-0.4, -0.2) is 16.9 Å². The van der Waals surface area contributed by atoms with Gasteiger partial charge in [0.1, 0.15) is 0 Å². The summed E-state index contributed by atoms with van der Waals surface area (Å²) in [6.45, 7) is 0. The molecule has 0 fully saturated rings. The van der Waals surface area contributed by atoms with Gasteiger partial charge in [0.05, 0.1) is 5.92 Å². The first-order valence-corrected chi connectivity index (χ1v) is 7.43. The summed E-state index contributed by atoms with van der Waals surface area (Å²) in [4.78, 5) is 23.4. The van der Waals surface area contributed by atoms with E-state index >= 15 is 0 Å². The minimum Gasteiger partial charge on any atom is -0.481 e. The fourth-order valence-electron chi connectivity index (χ4n) is 2.41. The maximum Gasteiger partial charge on any atom is 0.306 e. The van der Waals surface area contributed by atoms with Crippen molar-refractivity contribution in [2.45, 2.75) is 25.7 Å². The molecule has 1 N–H and O–H groups in total. The van der Waals surface area contributed by atoms with E-state index in [2.05, 4.69) is 6.07 Å². The molecule has 1 atom stereocenters. The molecular weight excluding hydrogens is 276 g/mol. The summed E-state index contributed by atoms with van der Waals surface area (Å²) in [6.07, 6.45) is 2.12. The second-order valence-corrected chi connectivity index (χ2v) is 5.32. The van der Waals surface area contributed by atoms with Crippen molar-refractivity contribution in [3.63, 3.8) is 0 Å². The molecule has 0 saturated carbocycles. The van der Waals surface area contributed by atoms with Crippen molar-refractivity contribution in [1.82, 2.24) is 0 Å². The van der Waals surface area contributed by atoms with Gasteiger partial charge in [-0.3, -0.25) is 9.59 Å². The van der Waals surface area contributed by atoms with Crippen molar-refractivity contribution >= 4 is 11.8 Å². The zero-order chi connectivity index (χ0) is 15.8. The molecule has 3 heteroatoms. The number of hydrogen-bond acceptors (Lipinski definition) is 2. The van der Waals surface area contributed by atoms with E-state index in [1.165, 1.54) is 5.56 Å². The number of carbonyl (C=O) groups is 2. The van der Waals surface area contributed by atoms with E-state index in [-0.39, 0.29) is 12.2 Å². The predicted octanol–water partition coefficient (Wildman–Crippen LogP) is 3.78. The first-order chi connectivity index (χ1) is 10.7. The Morgan fingerprint density at radius 3 is 2.41 bits per heavy atom. The molecule has 22 heavy (non-hydrogen) atoms. The van der Waals surface area contributed by atoms with Crippen molar-refractivity contribution in [1.29, 1.82) is 0 Å². The van der Waals surface area contributed by atoms with Gasteiger partial charge in [-0.1, -0.05) is 54.6 Å². The van der Waals surface area contributed by atoms with E-state index < -0.39 is 11.9 Å². The summed E-state index contributed by atoms with van der Waals surface area (Å²) in [7, 11) is 0. The third-order valence-corrected chi connectivity index (χ3v) is 3.65. The molecule has 2 aromatic carbocycles. The van der Waals surface area contributed by atoms with Crippen LogP contribution in [0.15, 0.2) is 54.6 Å². The highest BCUT2D eigenvalue weighted by Gasteiger charge is 2.21. The standard InChI is InChI=1S/C19H19O3/c20-18(16-11-5-2-6-12-16)14-17(19(21)22)13-7-10-15-8-3-1-4-9-15/h1-6,8-9,11,17H,7,10,13-14H2,(H,21,22). The molecule has 0 bridgehead atoms. The Kier molecular flexibility index (Phi) is 5.90. The number of aryl methyl sites for hydroxylation is 1. The zero-order valence-electron chi connectivity index (χ0n) is 12.4. The summed E-state index contributed by atoms with van der Waals surface area (Å²) in [5.41, 5.74) is 1.64. The van der Waals surface area contributed by atoms with E-state index in [4.69, 9.17) is 0 Å². The molecule has 0 spiro atoms. The number of carboxylic acids is 1. The third kappa shape index (κ3) is 4.85. The summed E-state index contributed by atoms with van der Waals surface area (Å²) in [5.74, 6) is -1.70. The maximum atomic E-state index is 12.1. The van der Waals surface area contributed by atoms with Crippen LogP contribution in [0.3, 0.4) is 0 Å². The minimum absolute atomic E-state index is 0.0324. The molecule has 0 aliphatic heterocycles. The van der Waals surface area contributed by atoms with Crippen LogP contribution in [0.25, 0.3) is 0 Å². The molecule has 0 aromatic heterocycles. The van der Waals surface area contributed by atoms with Gasteiger partial charge in [0.15, 0.2) is 5.78 Å². The topological polar surface area (TPSA) is 54.4 Å². The van der Waals surface area contributed by atoms with Crippen LogP contribution in [-0.2, 0) is 11.2 Å². The first-order valence-electron chi connectivity index (χ1n) is 7.43. The molecular formula is C19H19O3. The van der Waals surface area contributed by atoms with Crippen LogP contribution in [0, 0.1) is 12.0 Å². The summed E-state index contributed by atoms with van der Waals surface area (Å²) in [5, 5.41) is 9.30. The summed E-state index contributed by atoms with van der Waals surface area (Å²) < 4.78 is 0. The minimum atomic E-state index is -0.905. The third-order valence-electron chi connectivity index (χ3n) is 3.65. The molecule has 0 aliphatic rings. The van der Waals surface area contributed by atoms with Gasteiger partial charge in [-0.25, -0.2) is 0 Å². The Hall–Kier alpha value is -2.42. The van der Waals surface area contributed by atoms with Gasteiger partial charge in [-0.2, -0.15) is 0 Å². The van der Waals surface area contributed by atoms with Gasteiger partial charge in [0, 0.05) is 12.0 Å². The predicted molar refractivity (Wildman–Crippen MR) is 84.7 cm³/mol. The van der Waals surface area contributed by atoms with Gasteiger partial charge in [0.2, 0.25) is 0 Å². The van der Waals surface area contributed by atoms with Crippen LogP contribution >= 0.6 is 0 Å². The second-order valence-electron chi connectivity index (χ2n) is 5.32. The Labute approximate surface area is 130 Å². The molecule has 2 aromatic rings. The van der Waals surface area contributed by atoms with Gasteiger partial charge < -0.3 is 5.11 Å². The number of Topliss-reactive ketones (excluding diaryl/α,β-unsaturated/α-hetero) is 1. The lowest BCUT2D eigenvalue weighted by Crippen LogP contribution is -2.18. The largest absolute Gasteiger partial charge is 0.481 e. The molecule has 0 amide bonds. The van der Waals surface area contributed by atoms with E-state index in [1.54, 1.807) is 24.3 Å². The van der Waals surface area contributed by atoms with Crippen LogP contribution in [0.2, 0.25) is 0 Å². The number of carbonyl (C=O) groups excluding carboxylic acids is 1. The molecule has 0 heterocycles. The lowest BCUT2D eigenvalue weighted by Gasteiger charge is -2.11. The zero-order valence-corrected chi connectivity index (χ0v) is 12.4. The highest BCUT2D eigenvalue weighted by Crippen LogP contribution is 2.17. The maximum absolute atomic E-state index is 12.1. The fourth-order valence-corrected chi connectivity index (χ4v) is 2.41. The highest BCUT2D eigenvalue weighted by atomic mass is 16.4. The average Bonchev–Trinajstić information content (AvgIpc) is 2.55. The number of carboxylic acid groups (broad SMARTS) is 1. The smallest absolute Gasteiger partial charge is 0.306 e. The quantitative estimate of drug-likeness (QED) is 0.754. The van der Waals surface area contributed by atoms with E-state index in [0.717, 1.165) is 12.8 Å². The van der Waals surface area contributed by atoms with Crippen molar-refractivity contribution < 1.29 is 14.7 Å². The molecule has 1 unspecified atom stereocenters. The molecule has 1 radical (unpaired) electrons. The van der Waals surface area contributed by atoms with Gasteiger partial charge in [0.25, 0.3) is 0 Å². The lowest BCUT2D eigenvalue weighted by atomic mass is 9.93. The normalized spacial score (nSPS) is 11.8. The molecule has 113 valence electrons. The van der Waals surface area contributed by atoms with E-state index in [1.807, 2.05) is 30.3 Å². The number of aliphatic carboxylic acids is 1. The van der Waals surface area contributed by atoms with Crippen LogP contribution < -0.4 is 0 Å². The van der Waals surface area contributed by atoms with Crippen molar-refractivity contribution in [2.75, 3.05) is 0 Å². The Balaban J connectivity index is 1.87. The molecule has 0 saturated heterocycles. The number of benzene rings is 2. The highest BCUT2D eigenvalue weighted by molar-refractivity contribution is 5.97. The average molecular weight is 295 g/mol. The van der Waals surface area contributed by atoms with E-state index in [9.17, 15) is 14.7 Å². The first kappa shape index (κ1) is 16.0. The number of ketones is 1. The van der Waals surface area contributed by atoms with Crippen LogP contribution in [0.5, 0.6) is 0 Å². The second kappa shape index (κ2) is 8.13. The number of hydrogen-bond donors (Lipinski definition) is 1. The van der Waals surface area contributed by atoms with Crippen LogP contribution in [0.1, 0.15) is 35.2 Å². The monoisotopic (exact) mass is 295 g/mol. The molecule has 0 aliphatic carbocycles. The van der Waals surface area contributed by atoms with Crippen molar-refractivity contribution in [3.05, 3.63) is 71.8 Å². The van der Waals surface area contributed by atoms with Crippen molar-refractivity contribution in [2.24, 2.45) is 5.92 Å². The van der Waals surface area contributed by atoms with Crippen LogP contribution in [0.4, 0.5) is 0 Å². The van der Waals surface area contributed by atoms with Gasteiger partial charge in [-0.05, 0) is 30.9 Å². The summed E-state index contributed by atoms with van der Waals surface area (Å²) in [6, 6.07) is 19.7. The summed E-state index contributed by atoms with van der Waals surface area (Å²) >= 11 is 0. The van der Waals surface area contributed by atoms with E-state index in [0.29, 0.717) is 12.0 Å². The van der Waals surface area contributed by atoms with Crippen molar-refractivity contribution in [3.8, 4) is 0 Å². The van der Waals surface area contributed by atoms with Gasteiger partial charge in [-0.15, -0.1) is 0 Å². The van der Waals surface area contributed by atoms with Gasteiger partial charge >= 0.3 is 5.97 Å². The Morgan fingerprint density at radius 1 is 1.05 bits per heavy atom. The molecule has 3 nitrogen and oxygen atoms in total. The Morgan fingerprint density at radius 2 is 1.77 bits per heavy atom. The SMILES string of the molecule is O=C(CC(CCCc1ccccc1)C(=O)O)c1[c]cccc1. The molecule has 2 rings (SSSR count). The number of rotatable bonds is 8. The Bertz CT molecular complexity index is 605. The lowest BCUT2D eigenvalue weighted by molar-refractivity contribution is -0.141.